The molecule has 0 spiro atoms. The van der Waals surface area contributed by atoms with E-state index >= 15 is 0 Å². The Kier molecular flexibility index (Phi) is 5.65. The smallest absolute Gasteiger partial charge is 0.211 e. The molecule has 2 aromatic rings. The van der Waals surface area contributed by atoms with Crippen LogP contribution in [-0.4, -0.2) is 12.4 Å². The molecule has 0 N–H and O–H groups in total. The topological polar surface area (TPSA) is 26.3 Å². The van der Waals surface area contributed by atoms with Gasteiger partial charge in [0.15, 0.2) is 6.61 Å². The maximum absolute atomic E-state index is 12.0. The Labute approximate surface area is 148 Å². The summed E-state index contributed by atoms with van der Waals surface area (Å²) < 4.78 is 8.88. The van der Waals surface area contributed by atoms with Crippen LogP contribution >= 0.6 is 75.1 Å². The van der Waals surface area contributed by atoms with E-state index in [1.807, 2.05) is 23.6 Å². The number of carbonyl (C=O) groups is 1. The fraction of sp³-hybridized carbons (Fsp3) is 0.0833. The van der Waals surface area contributed by atoms with Crippen LogP contribution in [0.2, 0.25) is 0 Å². The van der Waals surface area contributed by atoms with Gasteiger partial charge in [-0.25, -0.2) is 0 Å². The molecule has 1 heterocycles. The Bertz CT molecular complexity index is 601. The molecule has 0 saturated carbocycles. The van der Waals surface area contributed by atoms with Gasteiger partial charge in [0.1, 0.15) is 5.75 Å². The van der Waals surface area contributed by atoms with Crippen molar-refractivity contribution in [2.24, 2.45) is 0 Å². The van der Waals surface area contributed by atoms with Gasteiger partial charge in [0.25, 0.3) is 0 Å². The number of ketones is 1. The van der Waals surface area contributed by atoms with Gasteiger partial charge in [-0.15, -0.1) is 11.3 Å². The Morgan fingerprint density at radius 2 is 1.74 bits per heavy atom. The molecule has 2 nitrogen and oxygen atoms in total. The van der Waals surface area contributed by atoms with Crippen molar-refractivity contribution in [2.75, 3.05) is 6.61 Å². The highest BCUT2D eigenvalue weighted by Crippen LogP contribution is 2.36. The first-order chi connectivity index (χ1) is 8.99. The number of ether oxygens (including phenoxy) is 1. The molecule has 1 aromatic heterocycles. The standard InChI is InChI=1S/C12H6Br4O2S/c13-6-3-8(15)11(9(16)4-6)18-5-10(17)12-7(14)1-2-19-12/h1-4H,5H2. The van der Waals surface area contributed by atoms with E-state index in [2.05, 4.69) is 63.7 Å². The van der Waals surface area contributed by atoms with Crippen LogP contribution in [0.25, 0.3) is 0 Å². The van der Waals surface area contributed by atoms with Crippen LogP contribution in [0.4, 0.5) is 0 Å². The van der Waals surface area contributed by atoms with Crippen LogP contribution in [0.1, 0.15) is 9.67 Å². The Hall–Kier alpha value is 0.310. The summed E-state index contributed by atoms with van der Waals surface area (Å²) in [5.41, 5.74) is 0. The molecular weight excluding hydrogens is 528 g/mol. The summed E-state index contributed by atoms with van der Waals surface area (Å²) in [6, 6.07) is 5.58. The predicted octanol–water partition coefficient (Wildman–Crippen LogP) is 6.06. The van der Waals surface area contributed by atoms with Gasteiger partial charge < -0.3 is 4.74 Å². The van der Waals surface area contributed by atoms with Gasteiger partial charge in [0, 0.05) is 8.95 Å². The molecule has 0 amide bonds. The highest BCUT2D eigenvalue weighted by Gasteiger charge is 2.15. The van der Waals surface area contributed by atoms with Crippen molar-refractivity contribution < 1.29 is 9.53 Å². The number of carbonyl (C=O) groups excluding carboxylic acids is 1. The third-order valence-electron chi connectivity index (χ3n) is 2.18. The Morgan fingerprint density at radius 3 is 2.26 bits per heavy atom. The number of hydrogen-bond donors (Lipinski definition) is 0. The van der Waals surface area contributed by atoms with Crippen molar-refractivity contribution >= 4 is 80.8 Å². The van der Waals surface area contributed by atoms with Crippen molar-refractivity contribution in [3.8, 4) is 5.75 Å². The van der Waals surface area contributed by atoms with Crippen molar-refractivity contribution in [1.29, 1.82) is 0 Å². The molecule has 0 bridgehead atoms. The lowest BCUT2D eigenvalue weighted by atomic mass is 10.3. The quantitative estimate of drug-likeness (QED) is 0.447. The van der Waals surface area contributed by atoms with E-state index in [0.717, 1.165) is 17.9 Å². The third-order valence-corrected chi connectivity index (χ3v) is 5.70. The molecule has 1 aromatic carbocycles. The first-order valence-corrected chi connectivity index (χ1v) is 9.07. The summed E-state index contributed by atoms with van der Waals surface area (Å²) in [6.07, 6.45) is 0. The second-order valence-electron chi connectivity index (χ2n) is 3.51. The molecule has 7 heteroatoms. The molecule has 0 aliphatic heterocycles. The molecule has 0 atom stereocenters. The van der Waals surface area contributed by atoms with E-state index in [1.54, 1.807) is 0 Å². The Morgan fingerprint density at radius 1 is 1.11 bits per heavy atom. The van der Waals surface area contributed by atoms with Gasteiger partial charge in [0.05, 0.1) is 13.8 Å². The average molecular weight is 534 g/mol. The van der Waals surface area contributed by atoms with Gasteiger partial charge in [0.2, 0.25) is 5.78 Å². The first kappa shape index (κ1) is 15.7. The molecule has 0 aliphatic carbocycles. The minimum atomic E-state index is -0.0522. The average Bonchev–Trinajstić information content (AvgIpc) is 2.73. The lowest BCUT2D eigenvalue weighted by Gasteiger charge is -2.10. The summed E-state index contributed by atoms with van der Waals surface area (Å²) in [6.45, 7) is -0.00204. The molecule has 0 radical (unpaired) electrons. The van der Waals surface area contributed by atoms with Gasteiger partial charge in [-0.3, -0.25) is 4.79 Å². The van der Waals surface area contributed by atoms with E-state index < -0.39 is 0 Å². The number of rotatable bonds is 4. The zero-order chi connectivity index (χ0) is 14.0. The molecule has 100 valence electrons. The van der Waals surface area contributed by atoms with Crippen LogP contribution < -0.4 is 4.74 Å². The number of halogens is 4. The second kappa shape index (κ2) is 6.85. The molecule has 19 heavy (non-hydrogen) atoms. The Balaban J connectivity index is 2.12. The van der Waals surface area contributed by atoms with Crippen LogP contribution in [0.3, 0.4) is 0 Å². The van der Waals surface area contributed by atoms with E-state index in [-0.39, 0.29) is 12.4 Å². The summed E-state index contributed by atoms with van der Waals surface area (Å²) >= 11 is 14.9. The maximum atomic E-state index is 12.0. The van der Waals surface area contributed by atoms with E-state index in [0.29, 0.717) is 10.6 Å². The highest BCUT2D eigenvalue weighted by molar-refractivity contribution is 9.11. The summed E-state index contributed by atoms with van der Waals surface area (Å²) in [4.78, 5) is 12.7. The number of Topliss-reactive ketones (excluding diaryl/α,β-unsaturated/α-hetero) is 1. The number of thiophene rings is 1. The minimum absolute atomic E-state index is 0.00204. The lowest BCUT2D eigenvalue weighted by molar-refractivity contribution is 0.0924. The van der Waals surface area contributed by atoms with Gasteiger partial charge >= 0.3 is 0 Å². The third kappa shape index (κ3) is 3.91. The normalized spacial score (nSPS) is 10.5. The molecular formula is C12H6Br4O2S. The monoisotopic (exact) mass is 530 g/mol. The van der Waals surface area contributed by atoms with Crippen molar-refractivity contribution in [2.45, 2.75) is 0 Å². The molecule has 0 unspecified atom stereocenters. The maximum Gasteiger partial charge on any atom is 0.211 e. The lowest BCUT2D eigenvalue weighted by Crippen LogP contribution is -2.11. The fourth-order valence-electron chi connectivity index (χ4n) is 1.36. The highest BCUT2D eigenvalue weighted by atomic mass is 79.9. The molecule has 0 fully saturated rings. The molecule has 0 aliphatic rings. The largest absolute Gasteiger partial charge is 0.483 e. The van der Waals surface area contributed by atoms with Gasteiger partial charge in [-0.2, -0.15) is 0 Å². The van der Waals surface area contributed by atoms with Crippen LogP contribution in [0.15, 0.2) is 41.5 Å². The molecule has 0 saturated heterocycles. The van der Waals surface area contributed by atoms with Crippen LogP contribution in [-0.2, 0) is 0 Å². The molecule has 2 rings (SSSR count). The van der Waals surface area contributed by atoms with Crippen molar-refractivity contribution in [1.82, 2.24) is 0 Å². The first-order valence-electron chi connectivity index (χ1n) is 5.02. The predicted molar refractivity (Wildman–Crippen MR) is 91.4 cm³/mol. The zero-order valence-electron chi connectivity index (χ0n) is 9.25. The van der Waals surface area contributed by atoms with Crippen molar-refractivity contribution in [3.63, 3.8) is 0 Å². The zero-order valence-corrected chi connectivity index (χ0v) is 16.4. The minimum Gasteiger partial charge on any atom is -0.483 e. The van der Waals surface area contributed by atoms with Gasteiger partial charge in [-0.05, 0) is 71.4 Å². The van der Waals surface area contributed by atoms with Crippen LogP contribution in [0.5, 0.6) is 5.75 Å². The van der Waals surface area contributed by atoms with Crippen LogP contribution in [0, 0.1) is 0 Å². The van der Waals surface area contributed by atoms with E-state index in [9.17, 15) is 4.79 Å². The summed E-state index contributed by atoms with van der Waals surface area (Å²) in [5, 5.41) is 1.86. The van der Waals surface area contributed by atoms with E-state index in [4.69, 9.17) is 4.74 Å². The van der Waals surface area contributed by atoms with Gasteiger partial charge in [-0.1, -0.05) is 15.9 Å². The summed E-state index contributed by atoms with van der Waals surface area (Å²) in [5.74, 6) is 0.563. The number of hydrogen-bond acceptors (Lipinski definition) is 3. The fourth-order valence-corrected chi connectivity index (χ4v) is 5.37. The number of benzene rings is 1. The second-order valence-corrected chi connectivity index (χ2v) is 7.90. The summed E-state index contributed by atoms with van der Waals surface area (Å²) in [7, 11) is 0. The van der Waals surface area contributed by atoms with Crippen molar-refractivity contribution in [3.05, 3.63) is 46.3 Å². The SMILES string of the molecule is O=C(COc1c(Br)cc(Br)cc1Br)c1sccc1Br. The van der Waals surface area contributed by atoms with E-state index in [1.165, 1.54) is 11.3 Å².